The number of aliphatic hydroxyl groups is 1. The molecule has 0 aromatic carbocycles. The summed E-state index contributed by atoms with van der Waals surface area (Å²) in [4.78, 5) is 25.8. The minimum absolute atomic E-state index is 0.130. The van der Waals surface area contributed by atoms with Crippen LogP contribution in [0.2, 0.25) is 0 Å². The van der Waals surface area contributed by atoms with Gasteiger partial charge in [-0.3, -0.25) is 9.78 Å². The van der Waals surface area contributed by atoms with Crippen LogP contribution in [-0.2, 0) is 6.42 Å². The molecule has 130 valence electrons. The Balaban J connectivity index is 1.97. The summed E-state index contributed by atoms with van der Waals surface area (Å²) in [5.74, 6) is -0.285. The van der Waals surface area contributed by atoms with Crippen molar-refractivity contribution in [3.63, 3.8) is 0 Å². The van der Waals surface area contributed by atoms with E-state index in [2.05, 4.69) is 20.3 Å². The van der Waals surface area contributed by atoms with Gasteiger partial charge in [-0.15, -0.1) is 11.3 Å². The quantitative estimate of drug-likeness (QED) is 0.623. The van der Waals surface area contributed by atoms with Crippen LogP contribution in [0.1, 0.15) is 40.9 Å². The van der Waals surface area contributed by atoms with Gasteiger partial charge in [-0.1, -0.05) is 6.07 Å². The van der Waals surface area contributed by atoms with Gasteiger partial charge in [0, 0.05) is 17.5 Å². The predicted octanol–water partition coefficient (Wildman–Crippen LogP) is 2.28. The van der Waals surface area contributed by atoms with Gasteiger partial charge < -0.3 is 16.2 Å². The molecule has 3 heterocycles. The summed E-state index contributed by atoms with van der Waals surface area (Å²) in [6.45, 7) is 3.65. The first-order valence-corrected chi connectivity index (χ1v) is 8.71. The van der Waals surface area contributed by atoms with Crippen LogP contribution in [0, 0.1) is 0 Å². The number of carbonyl (C=O) groups excluding carboxylic acids is 1. The van der Waals surface area contributed by atoms with Gasteiger partial charge in [0.15, 0.2) is 5.69 Å². The Morgan fingerprint density at radius 3 is 2.80 bits per heavy atom. The summed E-state index contributed by atoms with van der Waals surface area (Å²) in [6, 6.07) is 7.38. The first-order chi connectivity index (χ1) is 11.9. The number of amides is 1. The highest BCUT2D eigenvalue weighted by atomic mass is 32.1. The summed E-state index contributed by atoms with van der Waals surface area (Å²) in [5, 5.41) is 12.7. The van der Waals surface area contributed by atoms with Crippen molar-refractivity contribution in [2.45, 2.75) is 32.4 Å². The number of aliphatic hydroxyl groups excluding tert-OH is 1. The number of anilines is 1. The molecule has 0 unspecified atom stereocenters. The number of hydrogen-bond acceptors (Lipinski definition) is 7. The van der Waals surface area contributed by atoms with Crippen LogP contribution in [0.4, 0.5) is 5.95 Å². The number of nitrogens with two attached hydrogens (primary N) is 1. The monoisotopic (exact) mass is 357 g/mol. The summed E-state index contributed by atoms with van der Waals surface area (Å²) in [7, 11) is 0. The van der Waals surface area contributed by atoms with Crippen molar-refractivity contribution < 1.29 is 9.90 Å². The Morgan fingerprint density at radius 1 is 1.36 bits per heavy atom. The molecule has 0 bridgehead atoms. The van der Waals surface area contributed by atoms with Gasteiger partial charge in [0.25, 0.3) is 5.91 Å². The standard InChI is InChI=1S/C17H19N5O2S/c1-9(23)7-11-8-13-15(25-11)14(16(18)24)22-17(21-13)20-10(2)12-5-3-4-6-19-12/h3-6,8-10,23H,7H2,1-2H3,(H2,18,24)(H,20,21,22)/t9-,10-/m0/s1. The molecule has 0 saturated heterocycles. The van der Waals surface area contributed by atoms with Crippen LogP contribution >= 0.6 is 11.3 Å². The Labute approximate surface area is 149 Å². The average molecular weight is 357 g/mol. The summed E-state index contributed by atoms with van der Waals surface area (Å²) >= 11 is 1.38. The molecule has 3 aromatic heterocycles. The summed E-state index contributed by atoms with van der Waals surface area (Å²) in [6.07, 6.45) is 1.74. The van der Waals surface area contributed by atoms with Crippen LogP contribution in [0.5, 0.6) is 0 Å². The first-order valence-electron chi connectivity index (χ1n) is 7.90. The van der Waals surface area contributed by atoms with Crippen molar-refractivity contribution >= 4 is 33.4 Å². The molecule has 0 fully saturated rings. The Kier molecular flexibility index (Phi) is 4.91. The highest BCUT2D eigenvalue weighted by Crippen LogP contribution is 2.29. The zero-order chi connectivity index (χ0) is 18.0. The fraction of sp³-hybridized carbons (Fsp3) is 0.294. The van der Waals surface area contributed by atoms with Crippen molar-refractivity contribution in [2.24, 2.45) is 5.73 Å². The SMILES string of the molecule is C[C@H](O)Cc1cc2nc(N[C@@H](C)c3ccccn3)nc(C(N)=O)c2s1. The van der Waals surface area contributed by atoms with E-state index >= 15 is 0 Å². The Hall–Kier alpha value is -2.58. The fourth-order valence-corrected chi connectivity index (χ4v) is 3.71. The van der Waals surface area contributed by atoms with Gasteiger partial charge in [-0.2, -0.15) is 0 Å². The van der Waals surface area contributed by atoms with Crippen LogP contribution in [-0.4, -0.2) is 32.1 Å². The lowest BCUT2D eigenvalue weighted by Gasteiger charge is -2.13. The normalized spacial score (nSPS) is 13.6. The maximum atomic E-state index is 11.8. The second kappa shape index (κ2) is 7.12. The third-order valence-corrected chi connectivity index (χ3v) is 4.78. The van der Waals surface area contributed by atoms with Gasteiger partial charge >= 0.3 is 0 Å². The van der Waals surface area contributed by atoms with Crippen molar-refractivity contribution in [3.05, 3.63) is 46.7 Å². The molecular formula is C17H19N5O2S. The third-order valence-electron chi connectivity index (χ3n) is 3.63. The molecule has 0 aliphatic carbocycles. The number of rotatable bonds is 6. The van der Waals surface area contributed by atoms with Crippen molar-refractivity contribution in [1.29, 1.82) is 0 Å². The number of nitrogens with one attached hydrogen (secondary N) is 1. The number of pyridine rings is 1. The molecule has 0 radical (unpaired) electrons. The lowest BCUT2D eigenvalue weighted by molar-refractivity contribution is 0.0997. The lowest BCUT2D eigenvalue weighted by atomic mass is 10.2. The van der Waals surface area contributed by atoms with Crippen molar-refractivity contribution in [2.75, 3.05) is 5.32 Å². The molecule has 2 atom stereocenters. The molecule has 7 nitrogen and oxygen atoms in total. The molecule has 3 aromatic rings. The second-order valence-electron chi connectivity index (χ2n) is 5.86. The maximum absolute atomic E-state index is 11.8. The van der Waals surface area contributed by atoms with Gasteiger partial charge in [-0.25, -0.2) is 9.97 Å². The minimum atomic E-state index is -0.605. The number of thiophene rings is 1. The highest BCUT2D eigenvalue weighted by molar-refractivity contribution is 7.19. The van der Waals surface area contributed by atoms with E-state index in [-0.39, 0.29) is 11.7 Å². The molecule has 4 N–H and O–H groups in total. The smallest absolute Gasteiger partial charge is 0.269 e. The molecule has 8 heteroatoms. The maximum Gasteiger partial charge on any atom is 0.269 e. The molecule has 0 saturated carbocycles. The van der Waals surface area contributed by atoms with Gasteiger partial charge in [0.1, 0.15) is 0 Å². The number of aromatic nitrogens is 3. The molecular weight excluding hydrogens is 338 g/mol. The molecule has 3 rings (SSSR count). The second-order valence-corrected chi connectivity index (χ2v) is 7.00. The van der Waals surface area contributed by atoms with E-state index in [1.54, 1.807) is 13.1 Å². The van der Waals surface area contributed by atoms with Crippen molar-refractivity contribution in [1.82, 2.24) is 15.0 Å². The van der Waals surface area contributed by atoms with Crippen molar-refractivity contribution in [3.8, 4) is 0 Å². The van der Waals surface area contributed by atoms with E-state index < -0.39 is 12.0 Å². The highest BCUT2D eigenvalue weighted by Gasteiger charge is 2.17. The Bertz CT molecular complexity index is 895. The fourth-order valence-electron chi connectivity index (χ4n) is 2.50. The van der Waals surface area contributed by atoms with E-state index in [4.69, 9.17) is 5.73 Å². The molecule has 0 spiro atoms. The lowest BCUT2D eigenvalue weighted by Crippen LogP contribution is -2.17. The first kappa shape index (κ1) is 17.2. The number of carbonyl (C=O) groups is 1. The van der Waals surface area contributed by atoms with Gasteiger partial charge in [-0.05, 0) is 32.0 Å². The van der Waals surface area contributed by atoms with Crippen LogP contribution in [0.3, 0.4) is 0 Å². The van der Waals surface area contributed by atoms with Gasteiger partial charge in [0.05, 0.1) is 28.1 Å². The number of primary amides is 1. The zero-order valence-corrected chi connectivity index (χ0v) is 14.7. The topological polar surface area (TPSA) is 114 Å². The molecule has 1 amide bonds. The van der Waals surface area contributed by atoms with E-state index in [0.29, 0.717) is 22.6 Å². The van der Waals surface area contributed by atoms with Gasteiger partial charge in [0.2, 0.25) is 5.95 Å². The third kappa shape index (κ3) is 3.92. The van der Waals surface area contributed by atoms with Crippen LogP contribution in [0.15, 0.2) is 30.5 Å². The van der Waals surface area contributed by atoms with Crippen LogP contribution in [0.25, 0.3) is 10.2 Å². The predicted molar refractivity (Wildman–Crippen MR) is 97.6 cm³/mol. The number of fused-ring (bicyclic) bond motifs is 1. The summed E-state index contributed by atoms with van der Waals surface area (Å²) < 4.78 is 0.638. The summed E-state index contributed by atoms with van der Waals surface area (Å²) in [5.41, 5.74) is 7.15. The zero-order valence-electron chi connectivity index (χ0n) is 13.9. The average Bonchev–Trinajstić information content (AvgIpc) is 2.96. The molecule has 0 aliphatic rings. The van der Waals surface area contributed by atoms with Crippen LogP contribution < -0.4 is 11.1 Å². The molecule has 0 aliphatic heterocycles. The number of hydrogen-bond donors (Lipinski definition) is 3. The largest absolute Gasteiger partial charge is 0.393 e. The van der Waals surface area contributed by atoms with E-state index in [9.17, 15) is 9.90 Å². The van der Waals surface area contributed by atoms with E-state index in [1.807, 2.05) is 31.2 Å². The Morgan fingerprint density at radius 2 is 2.16 bits per heavy atom. The minimum Gasteiger partial charge on any atom is -0.393 e. The number of nitrogens with zero attached hydrogens (tertiary/aromatic N) is 3. The van der Waals surface area contributed by atoms with E-state index in [0.717, 1.165) is 10.6 Å². The van der Waals surface area contributed by atoms with E-state index in [1.165, 1.54) is 11.3 Å². The molecule has 25 heavy (non-hydrogen) atoms.